The predicted molar refractivity (Wildman–Crippen MR) is 137 cm³/mol. The van der Waals surface area contributed by atoms with E-state index in [0.717, 1.165) is 61.5 Å². The minimum Gasteiger partial charge on any atom is -0.465 e. The fraction of sp³-hybridized carbons (Fsp3) is 0.414. The number of carbonyl (C=O) groups excluding carboxylic acids is 2. The van der Waals surface area contributed by atoms with Gasteiger partial charge >= 0.3 is 6.03 Å². The Labute approximate surface area is 212 Å². The molecule has 0 saturated carbocycles. The van der Waals surface area contributed by atoms with E-state index in [1.165, 1.54) is 4.90 Å². The van der Waals surface area contributed by atoms with Crippen molar-refractivity contribution in [1.29, 1.82) is 0 Å². The van der Waals surface area contributed by atoms with Crippen LogP contribution in [-0.4, -0.2) is 56.8 Å². The summed E-state index contributed by atoms with van der Waals surface area (Å²) in [7, 11) is 0. The Kier molecular flexibility index (Phi) is 7.18. The van der Waals surface area contributed by atoms with E-state index in [1.807, 2.05) is 65.7 Å². The third-order valence-electron chi connectivity index (χ3n) is 7.50. The summed E-state index contributed by atoms with van der Waals surface area (Å²) in [5.74, 6) is 1.90. The number of hydrogen-bond acceptors (Lipinski definition) is 5. The maximum Gasteiger partial charge on any atom is 0.327 e. The molecule has 7 heteroatoms. The SMILES string of the molecule is CCc1ccc(CN2CCC3(CC2)C(=O)N(CCCc2cccnc2)C(=O)N3Cc2ccccc2)o1. The van der Waals surface area contributed by atoms with Gasteiger partial charge in [0.15, 0.2) is 0 Å². The van der Waals surface area contributed by atoms with E-state index in [4.69, 9.17) is 4.42 Å². The quantitative estimate of drug-likeness (QED) is 0.411. The highest BCUT2D eigenvalue weighted by molar-refractivity contribution is 6.07. The topological polar surface area (TPSA) is 69.9 Å². The maximum atomic E-state index is 13.9. The number of carbonyl (C=O) groups is 2. The van der Waals surface area contributed by atoms with Crippen LogP contribution < -0.4 is 0 Å². The summed E-state index contributed by atoms with van der Waals surface area (Å²) in [4.78, 5) is 37.3. The van der Waals surface area contributed by atoms with Gasteiger partial charge in [0.25, 0.3) is 5.91 Å². The number of benzene rings is 1. The molecule has 2 fully saturated rings. The Bertz CT molecular complexity index is 1170. The van der Waals surface area contributed by atoms with Crippen molar-refractivity contribution in [2.75, 3.05) is 19.6 Å². The Morgan fingerprint density at radius 1 is 0.917 bits per heavy atom. The monoisotopic (exact) mass is 486 g/mol. The summed E-state index contributed by atoms with van der Waals surface area (Å²) in [6.45, 7) is 5.18. The molecule has 0 bridgehead atoms. The lowest BCUT2D eigenvalue weighted by Gasteiger charge is -2.42. The molecule has 2 aromatic heterocycles. The number of likely N-dealkylation sites (tertiary alicyclic amines) is 1. The number of hydrogen-bond donors (Lipinski definition) is 0. The number of piperidine rings is 1. The van der Waals surface area contributed by atoms with Crippen LogP contribution in [0, 0.1) is 0 Å². The third-order valence-corrected chi connectivity index (χ3v) is 7.50. The molecule has 2 aliphatic rings. The fourth-order valence-corrected chi connectivity index (χ4v) is 5.43. The average molecular weight is 487 g/mol. The predicted octanol–water partition coefficient (Wildman–Crippen LogP) is 4.67. The van der Waals surface area contributed by atoms with Gasteiger partial charge in [-0.2, -0.15) is 0 Å². The molecule has 1 aromatic carbocycles. The van der Waals surface area contributed by atoms with E-state index in [0.29, 0.717) is 25.9 Å². The molecular formula is C29H34N4O3. The van der Waals surface area contributed by atoms with Gasteiger partial charge in [0.1, 0.15) is 17.1 Å². The first-order valence-corrected chi connectivity index (χ1v) is 13.0. The highest BCUT2D eigenvalue weighted by atomic mass is 16.3. The molecule has 0 unspecified atom stereocenters. The van der Waals surface area contributed by atoms with Crippen molar-refractivity contribution >= 4 is 11.9 Å². The van der Waals surface area contributed by atoms with Crippen molar-refractivity contribution in [3.63, 3.8) is 0 Å². The van der Waals surface area contributed by atoms with Gasteiger partial charge in [-0.15, -0.1) is 0 Å². The van der Waals surface area contributed by atoms with E-state index < -0.39 is 5.54 Å². The Morgan fingerprint density at radius 2 is 1.67 bits per heavy atom. The number of furan rings is 1. The summed E-state index contributed by atoms with van der Waals surface area (Å²) >= 11 is 0. The Morgan fingerprint density at radius 3 is 2.36 bits per heavy atom. The van der Waals surface area contributed by atoms with Crippen LogP contribution in [0.5, 0.6) is 0 Å². The summed E-state index contributed by atoms with van der Waals surface area (Å²) in [6, 6.07) is 17.8. The van der Waals surface area contributed by atoms with Crippen LogP contribution in [0.25, 0.3) is 0 Å². The van der Waals surface area contributed by atoms with Gasteiger partial charge in [0.2, 0.25) is 0 Å². The van der Waals surface area contributed by atoms with E-state index in [9.17, 15) is 9.59 Å². The number of urea groups is 1. The van der Waals surface area contributed by atoms with Crippen LogP contribution >= 0.6 is 0 Å². The molecule has 5 rings (SSSR count). The largest absolute Gasteiger partial charge is 0.465 e. The molecule has 0 radical (unpaired) electrons. The fourth-order valence-electron chi connectivity index (χ4n) is 5.43. The summed E-state index contributed by atoms with van der Waals surface area (Å²) in [5, 5.41) is 0. The molecule has 4 heterocycles. The van der Waals surface area contributed by atoms with Crippen LogP contribution in [-0.2, 0) is 30.7 Å². The van der Waals surface area contributed by atoms with E-state index in [-0.39, 0.29) is 11.9 Å². The van der Waals surface area contributed by atoms with Crippen molar-refractivity contribution in [1.82, 2.24) is 19.7 Å². The lowest BCUT2D eigenvalue weighted by Crippen LogP contribution is -2.56. The number of imide groups is 1. The molecule has 7 nitrogen and oxygen atoms in total. The maximum absolute atomic E-state index is 13.9. The van der Waals surface area contributed by atoms with Gasteiger partial charge in [0, 0.05) is 45.0 Å². The van der Waals surface area contributed by atoms with Gasteiger partial charge < -0.3 is 9.32 Å². The van der Waals surface area contributed by atoms with Crippen LogP contribution in [0.2, 0.25) is 0 Å². The smallest absolute Gasteiger partial charge is 0.327 e. The van der Waals surface area contributed by atoms with Gasteiger partial charge in [-0.3, -0.25) is 19.6 Å². The number of nitrogens with zero attached hydrogens (tertiary/aromatic N) is 4. The first-order valence-electron chi connectivity index (χ1n) is 13.0. The first kappa shape index (κ1) is 24.3. The van der Waals surface area contributed by atoms with Crippen molar-refractivity contribution in [2.45, 2.75) is 57.7 Å². The third kappa shape index (κ3) is 4.93. The van der Waals surface area contributed by atoms with Crippen molar-refractivity contribution < 1.29 is 14.0 Å². The molecule has 1 spiro atoms. The standard InChI is InChI=1S/C29H34N4O3/c1-2-25-12-13-26(36-25)22-31-18-14-29(15-19-31)27(34)32(17-7-11-23-10-6-16-30-20-23)28(35)33(29)21-24-8-4-3-5-9-24/h3-6,8-10,12-13,16,20H,2,7,11,14-15,17-19,21-22H2,1H3. The highest BCUT2D eigenvalue weighted by Crippen LogP contribution is 2.39. The zero-order valence-corrected chi connectivity index (χ0v) is 20.9. The number of pyridine rings is 1. The van der Waals surface area contributed by atoms with Gasteiger partial charge in [-0.25, -0.2) is 4.79 Å². The Balaban J connectivity index is 1.30. The van der Waals surface area contributed by atoms with Crippen molar-refractivity contribution in [2.24, 2.45) is 0 Å². The van der Waals surface area contributed by atoms with E-state index in [2.05, 4.69) is 16.8 Å². The highest BCUT2D eigenvalue weighted by Gasteiger charge is 2.57. The minimum absolute atomic E-state index is 0.0412. The zero-order valence-electron chi connectivity index (χ0n) is 20.9. The molecule has 3 aromatic rings. The lowest BCUT2D eigenvalue weighted by molar-refractivity contribution is -0.136. The number of aromatic nitrogens is 1. The zero-order chi connectivity index (χ0) is 25.0. The molecule has 0 atom stereocenters. The van der Waals surface area contributed by atoms with Crippen LogP contribution in [0.15, 0.2) is 71.4 Å². The lowest BCUT2D eigenvalue weighted by atomic mass is 9.85. The molecule has 0 aliphatic carbocycles. The van der Waals surface area contributed by atoms with Gasteiger partial charge in [0.05, 0.1) is 6.54 Å². The summed E-state index contributed by atoms with van der Waals surface area (Å²) in [5.41, 5.74) is 1.38. The minimum atomic E-state index is -0.782. The molecule has 0 N–H and O–H groups in total. The van der Waals surface area contributed by atoms with Crippen LogP contribution in [0.4, 0.5) is 4.79 Å². The molecular weight excluding hydrogens is 452 g/mol. The molecule has 3 amide bonds. The summed E-state index contributed by atoms with van der Waals surface area (Å²) in [6.07, 6.45) is 7.24. The summed E-state index contributed by atoms with van der Waals surface area (Å²) < 4.78 is 5.90. The van der Waals surface area contributed by atoms with Crippen molar-refractivity contribution in [3.8, 4) is 0 Å². The van der Waals surface area contributed by atoms with Gasteiger partial charge in [-0.1, -0.05) is 43.3 Å². The second-order valence-corrected chi connectivity index (χ2v) is 9.81. The number of rotatable bonds is 9. The number of aryl methyl sites for hydroxylation is 2. The normalized spacial score (nSPS) is 17.9. The van der Waals surface area contributed by atoms with Gasteiger partial charge in [-0.05, 0) is 55.0 Å². The van der Waals surface area contributed by atoms with E-state index in [1.54, 1.807) is 6.20 Å². The second kappa shape index (κ2) is 10.7. The molecule has 2 saturated heterocycles. The second-order valence-electron chi connectivity index (χ2n) is 9.81. The number of amides is 3. The van der Waals surface area contributed by atoms with E-state index >= 15 is 0 Å². The van der Waals surface area contributed by atoms with Crippen molar-refractivity contribution in [3.05, 3.63) is 89.6 Å². The first-order chi connectivity index (χ1) is 17.6. The Hall–Kier alpha value is -3.45. The molecule has 2 aliphatic heterocycles. The molecule has 36 heavy (non-hydrogen) atoms. The average Bonchev–Trinajstić information content (AvgIpc) is 3.44. The van der Waals surface area contributed by atoms with Crippen LogP contribution in [0.3, 0.4) is 0 Å². The van der Waals surface area contributed by atoms with Crippen LogP contribution in [0.1, 0.15) is 48.8 Å². The molecule has 188 valence electrons.